The fourth-order valence-corrected chi connectivity index (χ4v) is 2.93. The van der Waals surface area contributed by atoms with Crippen LogP contribution in [0.4, 0.5) is 0 Å². The number of methoxy groups -OCH3 is 1. The molecule has 21 heavy (non-hydrogen) atoms. The third-order valence-corrected chi connectivity index (χ3v) is 4.27. The van der Waals surface area contributed by atoms with E-state index in [1.165, 1.54) is 69.8 Å². The summed E-state index contributed by atoms with van der Waals surface area (Å²) in [7, 11) is 1.74. The summed E-state index contributed by atoms with van der Waals surface area (Å²) in [5, 5.41) is 0. The van der Waals surface area contributed by atoms with E-state index in [9.17, 15) is 0 Å². The van der Waals surface area contributed by atoms with Gasteiger partial charge in [0.15, 0.2) is 0 Å². The summed E-state index contributed by atoms with van der Waals surface area (Å²) in [6, 6.07) is 8.50. The lowest BCUT2D eigenvalue weighted by atomic mass is 9.95. The van der Waals surface area contributed by atoms with Gasteiger partial charge in [0.2, 0.25) is 0 Å². The van der Waals surface area contributed by atoms with Crippen molar-refractivity contribution in [2.75, 3.05) is 7.11 Å². The van der Waals surface area contributed by atoms with Crippen molar-refractivity contribution in [3.05, 3.63) is 29.8 Å². The van der Waals surface area contributed by atoms with Crippen molar-refractivity contribution < 1.29 is 4.74 Å². The molecule has 0 fully saturated rings. The van der Waals surface area contributed by atoms with Gasteiger partial charge in [0.1, 0.15) is 5.75 Å². The first-order valence-corrected chi connectivity index (χ1v) is 8.89. The minimum absolute atomic E-state index is 0.775. The minimum Gasteiger partial charge on any atom is -0.497 e. The van der Waals surface area contributed by atoms with Crippen LogP contribution in [0.2, 0.25) is 0 Å². The Balaban J connectivity index is 2.07. The normalized spacial score (nSPS) is 12.3. The van der Waals surface area contributed by atoms with E-state index in [2.05, 4.69) is 32.0 Å². The summed E-state index contributed by atoms with van der Waals surface area (Å²) in [5.74, 6) is 1.75. The van der Waals surface area contributed by atoms with Crippen molar-refractivity contribution in [2.45, 2.75) is 78.1 Å². The van der Waals surface area contributed by atoms with Crippen LogP contribution in [0, 0.1) is 5.92 Å². The second-order valence-corrected chi connectivity index (χ2v) is 6.42. The lowest BCUT2D eigenvalue weighted by molar-refractivity contribution is 0.413. The first kappa shape index (κ1) is 18.1. The molecule has 1 rings (SSSR count). The lowest BCUT2D eigenvalue weighted by Gasteiger charge is -2.12. The maximum atomic E-state index is 5.29. The summed E-state index contributed by atoms with van der Waals surface area (Å²) in [4.78, 5) is 0. The second kappa shape index (κ2) is 11.7. The number of rotatable bonds is 12. The third kappa shape index (κ3) is 8.80. The zero-order valence-electron chi connectivity index (χ0n) is 14.4. The summed E-state index contributed by atoms with van der Waals surface area (Å²) in [5.41, 5.74) is 1.40. The van der Waals surface area contributed by atoms with E-state index in [4.69, 9.17) is 4.74 Å². The smallest absolute Gasteiger partial charge is 0.119 e. The van der Waals surface area contributed by atoms with Crippen molar-refractivity contribution in [2.24, 2.45) is 5.92 Å². The van der Waals surface area contributed by atoms with Crippen LogP contribution < -0.4 is 4.74 Å². The van der Waals surface area contributed by atoms with Crippen LogP contribution in [0.15, 0.2) is 24.3 Å². The van der Waals surface area contributed by atoms with E-state index in [-0.39, 0.29) is 0 Å². The van der Waals surface area contributed by atoms with Crippen LogP contribution >= 0.6 is 0 Å². The Labute approximate surface area is 132 Å². The maximum absolute atomic E-state index is 5.29. The number of hydrogen-bond acceptors (Lipinski definition) is 1. The van der Waals surface area contributed by atoms with E-state index < -0.39 is 0 Å². The summed E-state index contributed by atoms with van der Waals surface area (Å²) < 4.78 is 5.29. The Morgan fingerprint density at radius 1 is 0.952 bits per heavy atom. The average molecular weight is 290 g/mol. The van der Waals surface area contributed by atoms with Crippen molar-refractivity contribution in [3.8, 4) is 5.75 Å². The zero-order valence-corrected chi connectivity index (χ0v) is 14.4. The van der Waals surface area contributed by atoms with Crippen LogP contribution in [-0.4, -0.2) is 7.11 Å². The highest BCUT2D eigenvalue weighted by Gasteiger charge is 2.04. The van der Waals surface area contributed by atoms with Gasteiger partial charge in [0, 0.05) is 0 Å². The first-order valence-electron chi connectivity index (χ1n) is 8.89. The fraction of sp³-hybridized carbons (Fsp3) is 0.700. The highest BCUT2D eigenvalue weighted by Crippen LogP contribution is 2.19. The molecule has 0 saturated carbocycles. The lowest BCUT2D eigenvalue weighted by Crippen LogP contribution is -2.00. The molecular weight excluding hydrogens is 256 g/mol. The van der Waals surface area contributed by atoms with Gasteiger partial charge < -0.3 is 4.74 Å². The van der Waals surface area contributed by atoms with Gasteiger partial charge in [-0.2, -0.15) is 0 Å². The molecule has 1 aromatic carbocycles. The minimum atomic E-state index is 0.775. The molecule has 0 spiro atoms. The first-order chi connectivity index (χ1) is 10.3. The van der Waals surface area contributed by atoms with Crippen LogP contribution in [0.1, 0.15) is 77.2 Å². The molecule has 1 nitrogen and oxygen atoms in total. The van der Waals surface area contributed by atoms with Gasteiger partial charge in [-0.25, -0.2) is 0 Å². The SMILES string of the molecule is CCCCCCCCCCC(C)Cc1cccc(OC)c1. The molecule has 0 aliphatic carbocycles. The Bertz CT molecular complexity index is 359. The van der Waals surface area contributed by atoms with Crippen LogP contribution in [0.5, 0.6) is 5.75 Å². The van der Waals surface area contributed by atoms with Gasteiger partial charge in [-0.05, 0) is 30.0 Å². The van der Waals surface area contributed by atoms with Crippen molar-refractivity contribution >= 4 is 0 Å². The highest BCUT2D eigenvalue weighted by molar-refractivity contribution is 5.28. The van der Waals surface area contributed by atoms with E-state index in [0.717, 1.165) is 11.7 Å². The molecule has 0 radical (unpaired) electrons. The molecule has 1 atom stereocenters. The molecule has 120 valence electrons. The molecule has 0 saturated heterocycles. The van der Waals surface area contributed by atoms with Crippen LogP contribution in [0.3, 0.4) is 0 Å². The van der Waals surface area contributed by atoms with Crippen molar-refractivity contribution in [1.29, 1.82) is 0 Å². The summed E-state index contributed by atoms with van der Waals surface area (Å²) in [6.45, 7) is 4.66. The predicted molar refractivity (Wildman–Crippen MR) is 93.1 cm³/mol. The van der Waals surface area contributed by atoms with Gasteiger partial charge in [-0.15, -0.1) is 0 Å². The molecule has 1 unspecified atom stereocenters. The predicted octanol–water partition coefficient (Wildman–Crippen LogP) is 6.40. The Hall–Kier alpha value is -0.980. The summed E-state index contributed by atoms with van der Waals surface area (Å²) >= 11 is 0. The van der Waals surface area contributed by atoms with Crippen molar-refractivity contribution in [3.63, 3.8) is 0 Å². The average Bonchev–Trinajstić information content (AvgIpc) is 2.50. The monoisotopic (exact) mass is 290 g/mol. The van der Waals surface area contributed by atoms with Gasteiger partial charge in [0.25, 0.3) is 0 Å². The molecule has 0 aliphatic heterocycles. The molecule has 0 bridgehead atoms. The third-order valence-electron chi connectivity index (χ3n) is 4.27. The molecule has 0 heterocycles. The maximum Gasteiger partial charge on any atom is 0.119 e. The van der Waals surface area contributed by atoms with Crippen LogP contribution in [-0.2, 0) is 6.42 Å². The highest BCUT2D eigenvalue weighted by atomic mass is 16.5. The molecule has 1 aromatic rings. The molecule has 0 aliphatic rings. The molecule has 0 N–H and O–H groups in total. The molecule has 1 heteroatoms. The van der Waals surface area contributed by atoms with E-state index >= 15 is 0 Å². The Morgan fingerprint density at radius 2 is 1.62 bits per heavy atom. The number of ether oxygens (including phenoxy) is 1. The standard InChI is InChI=1S/C20H34O/c1-4-5-6-7-8-9-10-11-13-18(2)16-19-14-12-15-20(17-19)21-3/h12,14-15,17-18H,4-11,13,16H2,1-3H3. The number of benzene rings is 1. The van der Waals surface area contributed by atoms with Gasteiger partial charge in [-0.3, -0.25) is 0 Å². The number of hydrogen-bond donors (Lipinski definition) is 0. The largest absolute Gasteiger partial charge is 0.497 e. The van der Waals surface area contributed by atoms with Crippen LogP contribution in [0.25, 0.3) is 0 Å². The van der Waals surface area contributed by atoms with E-state index in [1.807, 2.05) is 6.07 Å². The number of unbranched alkanes of at least 4 members (excludes halogenated alkanes) is 7. The molecule has 0 amide bonds. The molecular formula is C20H34O. The zero-order chi connectivity index (χ0) is 15.3. The van der Waals surface area contributed by atoms with Gasteiger partial charge >= 0.3 is 0 Å². The van der Waals surface area contributed by atoms with E-state index in [1.54, 1.807) is 7.11 Å². The fourth-order valence-electron chi connectivity index (χ4n) is 2.93. The van der Waals surface area contributed by atoms with Gasteiger partial charge in [-0.1, -0.05) is 83.8 Å². The Morgan fingerprint density at radius 3 is 2.29 bits per heavy atom. The summed E-state index contributed by atoms with van der Waals surface area (Å²) in [6.07, 6.45) is 13.8. The van der Waals surface area contributed by atoms with Gasteiger partial charge in [0.05, 0.1) is 7.11 Å². The quantitative estimate of drug-likeness (QED) is 0.404. The Kier molecular flexibility index (Phi) is 10.0. The molecule has 0 aromatic heterocycles. The topological polar surface area (TPSA) is 9.23 Å². The van der Waals surface area contributed by atoms with Crippen molar-refractivity contribution in [1.82, 2.24) is 0 Å². The second-order valence-electron chi connectivity index (χ2n) is 6.42. The van der Waals surface area contributed by atoms with E-state index in [0.29, 0.717) is 0 Å².